The van der Waals surface area contributed by atoms with Crippen LogP contribution in [0.4, 0.5) is 5.69 Å². The Morgan fingerprint density at radius 3 is 2.04 bits per heavy atom. The van der Waals surface area contributed by atoms with Gasteiger partial charge in [-0.3, -0.25) is 0 Å². The molecule has 0 heterocycles. The molecule has 0 radical (unpaired) electrons. The topological polar surface area (TPSA) is 53.7 Å². The van der Waals surface area contributed by atoms with Crippen LogP contribution in [0.3, 0.4) is 0 Å². The Balaban J connectivity index is 0.00000312. The van der Waals surface area contributed by atoms with Gasteiger partial charge in [0, 0.05) is 6.07 Å². The summed E-state index contributed by atoms with van der Waals surface area (Å²) in [4.78, 5) is 0. The third-order valence-electron chi connectivity index (χ3n) is 3.28. The highest BCUT2D eigenvalue weighted by molar-refractivity contribution is 5.85. The van der Waals surface area contributed by atoms with E-state index in [4.69, 9.17) is 19.9 Å². The SMILES string of the molecule is COc1cc(/C=C\c2ccc(OC)c(N)c2)cc(OC(C)(C)C)c1.Cl. The van der Waals surface area contributed by atoms with Gasteiger partial charge in [0.05, 0.1) is 19.9 Å². The first-order valence-electron chi connectivity index (χ1n) is 7.80. The standard InChI is InChI=1S/C20H25NO3.ClH/c1-20(2,3)24-17-11-15(10-16(13-17)22-4)7-6-14-8-9-19(23-5)18(21)12-14;/h6-13H,21H2,1-5H3;1H/b7-6-;. The maximum absolute atomic E-state index is 5.94. The lowest BCUT2D eigenvalue weighted by Gasteiger charge is -2.22. The minimum Gasteiger partial charge on any atom is -0.497 e. The Morgan fingerprint density at radius 1 is 0.840 bits per heavy atom. The Morgan fingerprint density at radius 2 is 1.48 bits per heavy atom. The summed E-state index contributed by atoms with van der Waals surface area (Å²) in [5, 5.41) is 0. The van der Waals surface area contributed by atoms with Gasteiger partial charge >= 0.3 is 0 Å². The number of methoxy groups -OCH3 is 2. The number of anilines is 1. The second kappa shape index (κ2) is 8.67. The number of nitrogen functional groups attached to an aromatic ring is 1. The first-order chi connectivity index (χ1) is 11.3. The van der Waals surface area contributed by atoms with Gasteiger partial charge in [0.25, 0.3) is 0 Å². The van der Waals surface area contributed by atoms with Crippen LogP contribution < -0.4 is 19.9 Å². The fraction of sp³-hybridized carbons (Fsp3) is 0.300. The number of hydrogen-bond acceptors (Lipinski definition) is 4. The van der Waals surface area contributed by atoms with E-state index in [1.54, 1.807) is 14.2 Å². The molecule has 0 aliphatic rings. The quantitative estimate of drug-likeness (QED) is 0.596. The molecule has 25 heavy (non-hydrogen) atoms. The predicted molar refractivity (Wildman–Crippen MR) is 107 cm³/mol. The highest BCUT2D eigenvalue weighted by Gasteiger charge is 2.12. The molecule has 0 aromatic heterocycles. The molecule has 0 aliphatic heterocycles. The zero-order chi connectivity index (χ0) is 17.7. The van der Waals surface area contributed by atoms with Crippen LogP contribution in [-0.4, -0.2) is 19.8 Å². The van der Waals surface area contributed by atoms with Gasteiger partial charge in [-0.05, 0) is 56.2 Å². The van der Waals surface area contributed by atoms with E-state index in [1.165, 1.54) is 0 Å². The third-order valence-corrected chi connectivity index (χ3v) is 3.28. The molecule has 0 atom stereocenters. The average molecular weight is 364 g/mol. The van der Waals surface area contributed by atoms with Crippen LogP contribution in [0.25, 0.3) is 12.2 Å². The first-order valence-corrected chi connectivity index (χ1v) is 7.80. The number of hydrogen-bond donors (Lipinski definition) is 1. The van der Waals surface area contributed by atoms with Gasteiger partial charge in [-0.15, -0.1) is 12.4 Å². The zero-order valence-corrected chi connectivity index (χ0v) is 16.1. The molecular weight excluding hydrogens is 338 g/mol. The molecule has 5 heteroatoms. The van der Waals surface area contributed by atoms with E-state index >= 15 is 0 Å². The molecule has 136 valence electrons. The van der Waals surface area contributed by atoms with Crippen LogP contribution >= 0.6 is 12.4 Å². The van der Waals surface area contributed by atoms with E-state index in [1.807, 2.05) is 69.3 Å². The molecule has 0 aliphatic carbocycles. The van der Waals surface area contributed by atoms with E-state index in [-0.39, 0.29) is 18.0 Å². The number of benzene rings is 2. The van der Waals surface area contributed by atoms with Gasteiger partial charge in [0.1, 0.15) is 22.8 Å². The summed E-state index contributed by atoms with van der Waals surface area (Å²) in [6.07, 6.45) is 3.99. The minimum atomic E-state index is -0.266. The summed E-state index contributed by atoms with van der Waals surface area (Å²) in [5.41, 5.74) is 8.27. The van der Waals surface area contributed by atoms with Gasteiger partial charge in [0.2, 0.25) is 0 Å². The lowest BCUT2D eigenvalue weighted by Crippen LogP contribution is -2.22. The maximum atomic E-state index is 5.94. The number of ether oxygens (including phenoxy) is 3. The van der Waals surface area contributed by atoms with Crippen molar-refractivity contribution in [1.29, 1.82) is 0 Å². The van der Waals surface area contributed by atoms with Crippen molar-refractivity contribution in [3.8, 4) is 17.2 Å². The Hall–Kier alpha value is -2.33. The molecule has 0 unspecified atom stereocenters. The van der Waals surface area contributed by atoms with E-state index in [0.717, 1.165) is 22.6 Å². The number of rotatable bonds is 5. The van der Waals surface area contributed by atoms with Crippen molar-refractivity contribution < 1.29 is 14.2 Å². The monoisotopic (exact) mass is 363 g/mol. The molecule has 2 N–H and O–H groups in total. The van der Waals surface area contributed by atoms with E-state index < -0.39 is 0 Å². The Bertz CT molecular complexity index is 736. The summed E-state index contributed by atoms with van der Waals surface area (Å²) in [6.45, 7) is 6.05. The lowest BCUT2D eigenvalue weighted by molar-refractivity contribution is 0.130. The summed E-state index contributed by atoms with van der Waals surface area (Å²) >= 11 is 0. The van der Waals surface area contributed by atoms with Crippen LogP contribution in [0.5, 0.6) is 17.2 Å². The Labute approximate surface area is 156 Å². The second-order valence-electron chi connectivity index (χ2n) is 6.49. The molecule has 0 bridgehead atoms. The first kappa shape index (κ1) is 20.7. The van der Waals surface area contributed by atoms with Crippen molar-refractivity contribution >= 4 is 30.2 Å². The summed E-state index contributed by atoms with van der Waals surface area (Å²) in [7, 11) is 3.25. The van der Waals surface area contributed by atoms with Gasteiger partial charge in [-0.1, -0.05) is 18.2 Å². The van der Waals surface area contributed by atoms with E-state index in [0.29, 0.717) is 11.4 Å². The van der Waals surface area contributed by atoms with Crippen LogP contribution in [-0.2, 0) is 0 Å². The summed E-state index contributed by atoms with van der Waals surface area (Å²) in [6, 6.07) is 11.5. The lowest BCUT2D eigenvalue weighted by atomic mass is 10.1. The third kappa shape index (κ3) is 6.24. The normalized spacial score (nSPS) is 11.1. The van der Waals surface area contributed by atoms with Gasteiger partial charge in [-0.25, -0.2) is 0 Å². The van der Waals surface area contributed by atoms with Crippen LogP contribution in [0, 0.1) is 0 Å². The van der Waals surface area contributed by atoms with Crippen molar-refractivity contribution in [2.24, 2.45) is 0 Å². The molecular formula is C20H26ClNO3. The summed E-state index contributed by atoms with van der Waals surface area (Å²) in [5.74, 6) is 2.20. The minimum absolute atomic E-state index is 0. The van der Waals surface area contributed by atoms with Crippen LogP contribution in [0.2, 0.25) is 0 Å². The molecule has 0 fully saturated rings. The van der Waals surface area contributed by atoms with Crippen molar-refractivity contribution in [3.63, 3.8) is 0 Å². The molecule has 2 aromatic rings. The highest BCUT2D eigenvalue weighted by atomic mass is 35.5. The van der Waals surface area contributed by atoms with Gasteiger partial charge in [0.15, 0.2) is 0 Å². The number of nitrogens with two attached hydrogens (primary N) is 1. The van der Waals surface area contributed by atoms with E-state index in [9.17, 15) is 0 Å². The fourth-order valence-corrected chi connectivity index (χ4v) is 2.27. The molecule has 0 amide bonds. The predicted octanol–water partition coefficient (Wildman–Crippen LogP) is 5.06. The van der Waals surface area contributed by atoms with Crippen LogP contribution in [0.15, 0.2) is 36.4 Å². The molecule has 4 nitrogen and oxygen atoms in total. The van der Waals surface area contributed by atoms with E-state index in [2.05, 4.69) is 0 Å². The largest absolute Gasteiger partial charge is 0.497 e. The van der Waals surface area contributed by atoms with Crippen molar-refractivity contribution in [2.75, 3.05) is 20.0 Å². The smallest absolute Gasteiger partial charge is 0.141 e. The maximum Gasteiger partial charge on any atom is 0.141 e. The number of halogens is 1. The Kier molecular flexibility index (Phi) is 7.19. The average Bonchev–Trinajstić information content (AvgIpc) is 2.51. The van der Waals surface area contributed by atoms with Gasteiger partial charge < -0.3 is 19.9 Å². The molecule has 2 aromatic carbocycles. The molecule has 0 saturated carbocycles. The second-order valence-corrected chi connectivity index (χ2v) is 6.49. The fourth-order valence-electron chi connectivity index (χ4n) is 2.27. The van der Waals surface area contributed by atoms with Crippen molar-refractivity contribution in [1.82, 2.24) is 0 Å². The van der Waals surface area contributed by atoms with Crippen molar-refractivity contribution in [2.45, 2.75) is 26.4 Å². The van der Waals surface area contributed by atoms with Crippen molar-refractivity contribution in [3.05, 3.63) is 47.5 Å². The van der Waals surface area contributed by atoms with Gasteiger partial charge in [-0.2, -0.15) is 0 Å². The summed E-state index contributed by atoms with van der Waals surface area (Å²) < 4.78 is 16.5. The highest BCUT2D eigenvalue weighted by Crippen LogP contribution is 2.28. The molecule has 0 saturated heterocycles. The van der Waals surface area contributed by atoms with Crippen LogP contribution in [0.1, 0.15) is 31.9 Å². The zero-order valence-electron chi connectivity index (χ0n) is 15.3. The molecule has 0 spiro atoms. The molecule has 2 rings (SSSR count).